The van der Waals surface area contributed by atoms with E-state index in [1.54, 1.807) is 24.4 Å². The van der Waals surface area contributed by atoms with Gasteiger partial charge in [-0.15, -0.1) is 11.3 Å². The Hall–Kier alpha value is -2.96. The number of rotatable bonds is 9. The van der Waals surface area contributed by atoms with Gasteiger partial charge in [-0.2, -0.15) is 0 Å². The van der Waals surface area contributed by atoms with E-state index in [9.17, 15) is 19.5 Å². The number of benzene rings is 1. The van der Waals surface area contributed by atoms with Crippen LogP contribution in [0.4, 0.5) is 0 Å². The Labute approximate surface area is 283 Å². The van der Waals surface area contributed by atoms with E-state index in [4.69, 9.17) is 27.9 Å². The zero-order valence-electron chi connectivity index (χ0n) is 26.0. The Kier molecular flexibility index (Phi) is 10.1. The van der Waals surface area contributed by atoms with Crippen molar-refractivity contribution in [1.82, 2.24) is 25.0 Å². The zero-order valence-corrected chi connectivity index (χ0v) is 28.3. The lowest BCUT2D eigenvalue weighted by Crippen LogP contribution is -2.56. The molecule has 10 nitrogen and oxygen atoms in total. The van der Waals surface area contributed by atoms with Crippen LogP contribution in [-0.2, 0) is 25.5 Å². The summed E-state index contributed by atoms with van der Waals surface area (Å²) in [6.07, 6.45) is 7.24. The van der Waals surface area contributed by atoms with Gasteiger partial charge >= 0.3 is 11.9 Å². The van der Waals surface area contributed by atoms with Crippen LogP contribution in [0.25, 0.3) is 0 Å². The standard InChI is InChI=1S/C33H39Cl2N5O5S/c1-38-19-6-7-20(38)17-21(16-19)39-11-13-40(14-12-39)27(41)18-25-29(32(42)43)31(28-22(34)4-3-5-23(28)35)30(33(44)45-2)24(37-25)8-9-26-36-10-15-46-26/h3-5,10,15,19-21,31,37H,6-9,11-14,16-18H2,1-2H3,(H,42,43). The third-order valence-corrected chi connectivity index (χ3v) is 11.6. The third-order valence-electron chi connectivity index (χ3n) is 10.1. The van der Waals surface area contributed by atoms with Gasteiger partial charge in [0.25, 0.3) is 0 Å². The molecular formula is C33H39Cl2N5O5S. The summed E-state index contributed by atoms with van der Waals surface area (Å²) in [6.45, 7) is 2.74. The van der Waals surface area contributed by atoms with Crippen molar-refractivity contribution in [3.05, 3.63) is 72.9 Å². The maximum Gasteiger partial charge on any atom is 0.336 e. The van der Waals surface area contributed by atoms with Crippen LogP contribution in [0.5, 0.6) is 0 Å². The molecule has 1 amide bonds. The summed E-state index contributed by atoms with van der Waals surface area (Å²) in [6, 6.07) is 6.70. The van der Waals surface area contributed by atoms with E-state index in [-0.39, 0.29) is 44.8 Å². The number of ether oxygens (including phenoxy) is 1. The van der Waals surface area contributed by atoms with Gasteiger partial charge in [0.1, 0.15) is 0 Å². The van der Waals surface area contributed by atoms with Gasteiger partial charge in [0, 0.05) is 89.3 Å². The number of halogens is 2. The number of aryl methyl sites for hydroxylation is 1. The first-order valence-electron chi connectivity index (χ1n) is 15.8. The molecule has 4 aliphatic rings. The molecule has 1 aromatic carbocycles. The molecule has 2 bridgehead atoms. The number of thiazole rings is 1. The highest BCUT2D eigenvalue weighted by molar-refractivity contribution is 7.09. The van der Waals surface area contributed by atoms with Crippen LogP contribution >= 0.6 is 34.5 Å². The number of methoxy groups -OCH3 is 1. The molecule has 3 atom stereocenters. The number of carbonyl (C=O) groups is 3. The predicted molar refractivity (Wildman–Crippen MR) is 177 cm³/mol. The summed E-state index contributed by atoms with van der Waals surface area (Å²) in [7, 11) is 3.49. The number of nitrogens with zero attached hydrogens (tertiary/aromatic N) is 4. The summed E-state index contributed by atoms with van der Waals surface area (Å²) in [4.78, 5) is 51.5. The third kappa shape index (κ3) is 6.57. The number of amides is 1. The molecule has 0 radical (unpaired) electrons. The van der Waals surface area contributed by atoms with Gasteiger partial charge in [-0.1, -0.05) is 29.3 Å². The molecule has 3 saturated heterocycles. The molecule has 46 heavy (non-hydrogen) atoms. The molecule has 6 rings (SSSR count). The molecular weight excluding hydrogens is 649 g/mol. The average molecular weight is 689 g/mol. The van der Waals surface area contributed by atoms with E-state index in [1.807, 2.05) is 10.3 Å². The second-order valence-corrected chi connectivity index (χ2v) is 14.3. The molecule has 0 aliphatic carbocycles. The fraction of sp³-hybridized carbons (Fsp3) is 0.515. The number of carboxylic acid groups (broad SMARTS) is 1. The molecule has 1 aromatic heterocycles. The molecule has 0 saturated carbocycles. The highest BCUT2D eigenvalue weighted by atomic mass is 35.5. The number of hydrogen-bond acceptors (Lipinski definition) is 9. The largest absolute Gasteiger partial charge is 0.478 e. The maximum atomic E-state index is 13.8. The van der Waals surface area contributed by atoms with Crippen LogP contribution < -0.4 is 5.32 Å². The molecule has 3 unspecified atom stereocenters. The fourth-order valence-corrected chi connectivity index (χ4v) is 8.95. The highest BCUT2D eigenvalue weighted by Gasteiger charge is 2.43. The monoisotopic (exact) mass is 687 g/mol. The number of dihydropyridines is 1. The van der Waals surface area contributed by atoms with Crippen molar-refractivity contribution in [3.63, 3.8) is 0 Å². The Morgan fingerprint density at radius 2 is 1.67 bits per heavy atom. The number of piperidine rings is 1. The van der Waals surface area contributed by atoms with E-state index < -0.39 is 17.9 Å². The summed E-state index contributed by atoms with van der Waals surface area (Å²) >= 11 is 14.8. The van der Waals surface area contributed by atoms with Crippen LogP contribution in [0.3, 0.4) is 0 Å². The SMILES string of the molecule is COC(=O)C1=C(CCc2nccs2)NC(CC(=O)N2CCN(C3CC4CCC(C3)N4C)CC2)=C(C(=O)O)C1c1c(Cl)cccc1Cl. The minimum atomic E-state index is -1.28. The number of carbonyl (C=O) groups excluding carboxylic acids is 2. The highest BCUT2D eigenvalue weighted by Crippen LogP contribution is 2.46. The van der Waals surface area contributed by atoms with Crippen molar-refractivity contribution in [2.45, 2.75) is 69.0 Å². The van der Waals surface area contributed by atoms with Crippen molar-refractivity contribution in [2.24, 2.45) is 0 Å². The van der Waals surface area contributed by atoms with Gasteiger partial charge in [0.05, 0.1) is 35.6 Å². The van der Waals surface area contributed by atoms with Gasteiger partial charge in [-0.25, -0.2) is 14.6 Å². The summed E-state index contributed by atoms with van der Waals surface area (Å²) in [5.41, 5.74) is 0.903. The quantitative estimate of drug-likeness (QED) is 0.362. The van der Waals surface area contributed by atoms with E-state index in [2.05, 4.69) is 27.1 Å². The number of fused-ring (bicyclic) bond motifs is 2. The van der Waals surface area contributed by atoms with Crippen molar-refractivity contribution < 1.29 is 24.2 Å². The van der Waals surface area contributed by atoms with Crippen LogP contribution in [-0.4, -0.2) is 101 Å². The first-order chi connectivity index (χ1) is 22.2. The lowest BCUT2D eigenvalue weighted by atomic mass is 9.78. The van der Waals surface area contributed by atoms with Gasteiger partial charge in [-0.3, -0.25) is 9.69 Å². The average Bonchev–Trinajstić information content (AvgIpc) is 3.62. The Morgan fingerprint density at radius 3 is 2.26 bits per heavy atom. The molecule has 5 heterocycles. The van der Waals surface area contributed by atoms with Gasteiger partial charge < -0.3 is 25.0 Å². The smallest absolute Gasteiger partial charge is 0.336 e. The molecule has 0 spiro atoms. The van der Waals surface area contributed by atoms with Crippen molar-refractivity contribution >= 4 is 52.4 Å². The first kappa shape index (κ1) is 33.0. The van der Waals surface area contributed by atoms with Crippen molar-refractivity contribution in [3.8, 4) is 0 Å². The van der Waals surface area contributed by atoms with Gasteiger partial charge in [0.2, 0.25) is 5.91 Å². The lowest BCUT2D eigenvalue weighted by molar-refractivity contribution is -0.136. The topological polar surface area (TPSA) is 115 Å². The van der Waals surface area contributed by atoms with E-state index in [0.717, 1.165) is 18.1 Å². The van der Waals surface area contributed by atoms with Crippen LogP contribution in [0, 0.1) is 0 Å². The number of aliphatic carboxylic acids is 1. The Morgan fingerprint density at radius 1 is 1.00 bits per heavy atom. The first-order valence-corrected chi connectivity index (χ1v) is 17.4. The van der Waals surface area contributed by atoms with Crippen molar-refractivity contribution in [2.75, 3.05) is 40.3 Å². The Balaban J connectivity index is 1.28. The molecule has 2 aromatic rings. The Bertz CT molecular complexity index is 1520. The van der Waals surface area contributed by atoms with E-state index in [0.29, 0.717) is 49.8 Å². The molecule has 13 heteroatoms. The van der Waals surface area contributed by atoms with E-state index in [1.165, 1.54) is 44.1 Å². The van der Waals surface area contributed by atoms with Gasteiger partial charge in [-0.05, 0) is 51.3 Å². The molecule has 3 fully saturated rings. The fourth-order valence-electron chi connectivity index (χ4n) is 7.71. The van der Waals surface area contributed by atoms with Crippen LogP contribution in [0.2, 0.25) is 10.0 Å². The van der Waals surface area contributed by atoms with Gasteiger partial charge in [0.15, 0.2) is 0 Å². The number of esters is 1. The van der Waals surface area contributed by atoms with Crippen molar-refractivity contribution in [1.29, 1.82) is 0 Å². The summed E-state index contributed by atoms with van der Waals surface area (Å²) < 4.78 is 5.18. The number of aromatic nitrogens is 1. The van der Waals surface area contributed by atoms with Crippen LogP contribution in [0.1, 0.15) is 55.0 Å². The predicted octanol–water partition coefficient (Wildman–Crippen LogP) is 4.69. The second kappa shape index (κ2) is 14.0. The minimum Gasteiger partial charge on any atom is -0.478 e. The second-order valence-electron chi connectivity index (χ2n) is 12.5. The lowest BCUT2D eigenvalue weighted by Gasteiger charge is -2.45. The molecule has 246 valence electrons. The maximum absolute atomic E-state index is 13.8. The van der Waals surface area contributed by atoms with E-state index >= 15 is 0 Å². The summed E-state index contributed by atoms with van der Waals surface area (Å²) in [5.74, 6) is -3.31. The zero-order chi connectivity index (χ0) is 32.5. The number of nitrogens with one attached hydrogen (secondary N) is 1. The number of allylic oxidation sites excluding steroid dienone is 1. The normalized spacial score (nSPS) is 25.5. The molecule has 4 aliphatic heterocycles. The summed E-state index contributed by atoms with van der Waals surface area (Å²) in [5, 5.41) is 17.0. The molecule has 2 N–H and O–H groups in total. The number of piperazine rings is 1. The van der Waals surface area contributed by atoms with Crippen LogP contribution in [0.15, 0.2) is 52.3 Å². The minimum absolute atomic E-state index is 0.100. The number of carboxylic acids is 1. The number of hydrogen-bond donors (Lipinski definition) is 2.